The zero-order chi connectivity index (χ0) is 20.0. The molecule has 0 fully saturated rings. The highest BCUT2D eigenvalue weighted by Crippen LogP contribution is 2.36. The van der Waals surface area contributed by atoms with Crippen LogP contribution in [-0.2, 0) is 18.8 Å². The molecule has 0 bridgehead atoms. The molecule has 0 unspecified atom stereocenters. The third-order valence-electron chi connectivity index (χ3n) is 4.84. The first-order chi connectivity index (χ1) is 12.0. The summed E-state index contributed by atoms with van der Waals surface area (Å²) < 4.78 is 10.8. The lowest BCUT2D eigenvalue weighted by Gasteiger charge is -2.36. The van der Waals surface area contributed by atoms with Crippen LogP contribution in [0.1, 0.15) is 38.9 Å². The molecule has 0 aliphatic rings. The molecule has 7 heteroatoms. The SMILES string of the molecule is COC(=O)[C@H](CCO[Si](C)(C)C(C)(C)C)NC(=O)[C@@H](O)c1ccccc1. The third-order valence-corrected chi connectivity index (χ3v) is 9.38. The van der Waals surface area contributed by atoms with Crippen LogP contribution in [0.25, 0.3) is 0 Å². The number of ether oxygens (including phenoxy) is 1. The minimum atomic E-state index is -1.95. The Hall–Kier alpha value is -1.70. The number of aliphatic hydroxyl groups excluding tert-OH is 1. The van der Waals surface area contributed by atoms with Gasteiger partial charge in [-0.25, -0.2) is 4.79 Å². The van der Waals surface area contributed by atoms with E-state index in [1.165, 1.54) is 7.11 Å². The van der Waals surface area contributed by atoms with E-state index in [0.29, 0.717) is 12.2 Å². The standard InChI is InChI=1S/C19H31NO5Si/c1-19(2,3)26(5,6)25-13-12-15(18(23)24-4)20-17(22)16(21)14-10-8-7-9-11-14/h7-11,15-16,21H,12-13H2,1-6H3,(H,20,22)/t15-,16-/m0/s1. The van der Waals surface area contributed by atoms with Crippen molar-refractivity contribution < 1.29 is 23.9 Å². The van der Waals surface area contributed by atoms with Crippen molar-refractivity contribution in [1.29, 1.82) is 0 Å². The summed E-state index contributed by atoms with van der Waals surface area (Å²) in [6.45, 7) is 11.0. The molecule has 1 rings (SSSR count). The van der Waals surface area contributed by atoms with Crippen LogP contribution in [0.15, 0.2) is 30.3 Å². The number of hydrogen-bond donors (Lipinski definition) is 2. The first kappa shape index (κ1) is 22.3. The van der Waals surface area contributed by atoms with E-state index in [1.54, 1.807) is 30.3 Å². The Morgan fingerprint density at radius 2 is 1.77 bits per heavy atom. The number of benzene rings is 1. The van der Waals surface area contributed by atoms with Gasteiger partial charge in [-0.15, -0.1) is 0 Å². The summed E-state index contributed by atoms with van der Waals surface area (Å²) in [5, 5.41) is 12.8. The van der Waals surface area contributed by atoms with Crippen LogP contribution in [0, 0.1) is 0 Å². The van der Waals surface area contributed by atoms with Crippen molar-refractivity contribution >= 4 is 20.2 Å². The van der Waals surface area contributed by atoms with Gasteiger partial charge in [-0.2, -0.15) is 0 Å². The normalized spacial score (nSPS) is 14.4. The first-order valence-corrected chi connectivity index (χ1v) is 11.7. The molecule has 1 amide bonds. The summed E-state index contributed by atoms with van der Waals surface area (Å²) in [5.41, 5.74) is 0.464. The van der Waals surface area contributed by atoms with Crippen LogP contribution in [0.3, 0.4) is 0 Å². The van der Waals surface area contributed by atoms with Crippen LogP contribution in [0.2, 0.25) is 18.1 Å². The third kappa shape index (κ3) is 6.23. The van der Waals surface area contributed by atoms with Gasteiger partial charge >= 0.3 is 5.97 Å². The van der Waals surface area contributed by atoms with Crippen LogP contribution in [0.4, 0.5) is 0 Å². The van der Waals surface area contributed by atoms with E-state index in [4.69, 9.17) is 9.16 Å². The zero-order valence-electron chi connectivity index (χ0n) is 16.5. The largest absolute Gasteiger partial charge is 0.467 e. The molecule has 1 aromatic carbocycles. The van der Waals surface area contributed by atoms with E-state index < -0.39 is 32.3 Å². The second kappa shape index (κ2) is 9.30. The minimum absolute atomic E-state index is 0.0561. The number of rotatable bonds is 8. The van der Waals surface area contributed by atoms with Crippen LogP contribution >= 0.6 is 0 Å². The molecule has 0 radical (unpaired) electrons. The molecule has 26 heavy (non-hydrogen) atoms. The van der Waals surface area contributed by atoms with Crippen molar-refractivity contribution in [3.05, 3.63) is 35.9 Å². The minimum Gasteiger partial charge on any atom is -0.467 e. The Kier molecular flexibility index (Phi) is 7.99. The second-order valence-electron chi connectivity index (χ2n) is 7.80. The van der Waals surface area contributed by atoms with Gasteiger partial charge in [0, 0.05) is 13.0 Å². The van der Waals surface area contributed by atoms with Gasteiger partial charge in [-0.05, 0) is 23.7 Å². The summed E-state index contributed by atoms with van der Waals surface area (Å²) in [6.07, 6.45) is -1.06. The fourth-order valence-corrected chi connectivity index (χ4v) is 3.14. The number of aliphatic hydroxyl groups is 1. The van der Waals surface area contributed by atoms with Crippen molar-refractivity contribution in [3.8, 4) is 0 Å². The number of esters is 1. The van der Waals surface area contributed by atoms with Gasteiger partial charge < -0.3 is 19.6 Å². The van der Waals surface area contributed by atoms with Gasteiger partial charge in [0.1, 0.15) is 6.04 Å². The van der Waals surface area contributed by atoms with Gasteiger partial charge in [0.25, 0.3) is 5.91 Å². The Labute approximate surface area is 157 Å². The van der Waals surface area contributed by atoms with Gasteiger partial charge in [-0.3, -0.25) is 4.79 Å². The number of carbonyl (C=O) groups is 2. The van der Waals surface area contributed by atoms with Crippen molar-refractivity contribution in [2.45, 2.75) is 57.5 Å². The molecule has 2 N–H and O–H groups in total. The van der Waals surface area contributed by atoms with Crippen LogP contribution < -0.4 is 5.32 Å². The number of nitrogens with one attached hydrogen (secondary N) is 1. The van der Waals surface area contributed by atoms with E-state index in [0.717, 1.165) is 0 Å². The van der Waals surface area contributed by atoms with E-state index in [1.807, 2.05) is 0 Å². The quantitative estimate of drug-likeness (QED) is 0.534. The lowest BCUT2D eigenvalue weighted by atomic mass is 10.1. The highest BCUT2D eigenvalue weighted by atomic mass is 28.4. The Morgan fingerprint density at radius 1 is 1.19 bits per heavy atom. The van der Waals surface area contributed by atoms with E-state index >= 15 is 0 Å². The lowest BCUT2D eigenvalue weighted by molar-refractivity contribution is -0.146. The molecule has 0 aliphatic heterocycles. The fraction of sp³-hybridized carbons (Fsp3) is 0.579. The molecular weight excluding hydrogens is 350 g/mol. The smallest absolute Gasteiger partial charge is 0.328 e. The Bertz CT molecular complexity index is 598. The average molecular weight is 382 g/mol. The zero-order valence-corrected chi connectivity index (χ0v) is 17.5. The predicted molar refractivity (Wildman–Crippen MR) is 103 cm³/mol. The van der Waals surface area contributed by atoms with Crippen LogP contribution in [0.5, 0.6) is 0 Å². The molecule has 0 aliphatic carbocycles. The molecule has 1 aromatic rings. The van der Waals surface area contributed by atoms with E-state index in [9.17, 15) is 14.7 Å². The van der Waals surface area contributed by atoms with Crippen molar-refractivity contribution in [1.82, 2.24) is 5.32 Å². The van der Waals surface area contributed by atoms with Gasteiger partial charge in [0.05, 0.1) is 7.11 Å². The molecule has 6 nitrogen and oxygen atoms in total. The molecule has 0 spiro atoms. The topological polar surface area (TPSA) is 84.9 Å². The number of amides is 1. The molecule has 2 atom stereocenters. The van der Waals surface area contributed by atoms with Gasteiger partial charge in [0.2, 0.25) is 0 Å². The van der Waals surface area contributed by atoms with Gasteiger partial charge in [-0.1, -0.05) is 51.1 Å². The highest BCUT2D eigenvalue weighted by molar-refractivity contribution is 6.74. The molecule has 0 saturated carbocycles. The maximum Gasteiger partial charge on any atom is 0.328 e. The fourth-order valence-electron chi connectivity index (χ4n) is 2.08. The predicted octanol–water partition coefficient (Wildman–Crippen LogP) is 2.79. The first-order valence-electron chi connectivity index (χ1n) is 8.75. The average Bonchev–Trinajstić information content (AvgIpc) is 2.59. The van der Waals surface area contributed by atoms with Gasteiger partial charge in [0.15, 0.2) is 14.4 Å². The second-order valence-corrected chi connectivity index (χ2v) is 12.6. The molecular formula is C19H31NO5Si. The summed E-state index contributed by atoms with van der Waals surface area (Å²) >= 11 is 0. The molecule has 0 heterocycles. The van der Waals surface area contributed by atoms with E-state index in [-0.39, 0.29) is 11.5 Å². The maximum atomic E-state index is 12.3. The maximum absolute atomic E-state index is 12.3. The molecule has 0 aromatic heterocycles. The molecule has 146 valence electrons. The van der Waals surface area contributed by atoms with Crippen molar-refractivity contribution in [2.24, 2.45) is 0 Å². The Balaban J connectivity index is 2.70. The summed E-state index contributed by atoms with van der Waals surface area (Å²) in [5.74, 6) is -1.20. The number of hydrogen-bond acceptors (Lipinski definition) is 5. The summed E-state index contributed by atoms with van der Waals surface area (Å²) in [6, 6.07) is 7.70. The van der Waals surface area contributed by atoms with Crippen molar-refractivity contribution in [2.75, 3.05) is 13.7 Å². The Morgan fingerprint density at radius 3 is 2.27 bits per heavy atom. The summed E-state index contributed by atoms with van der Waals surface area (Å²) in [7, 11) is -0.678. The van der Waals surface area contributed by atoms with Crippen LogP contribution in [-0.4, -0.2) is 45.1 Å². The number of carbonyl (C=O) groups excluding carboxylic acids is 2. The lowest BCUT2D eigenvalue weighted by Crippen LogP contribution is -2.46. The monoisotopic (exact) mass is 381 g/mol. The number of methoxy groups -OCH3 is 1. The highest BCUT2D eigenvalue weighted by Gasteiger charge is 2.37. The van der Waals surface area contributed by atoms with E-state index in [2.05, 4.69) is 39.2 Å². The van der Waals surface area contributed by atoms with Crippen molar-refractivity contribution in [3.63, 3.8) is 0 Å². The summed E-state index contributed by atoms with van der Waals surface area (Å²) in [4.78, 5) is 24.3. The molecule has 0 saturated heterocycles.